The van der Waals surface area contributed by atoms with Crippen molar-refractivity contribution < 1.29 is 37.9 Å². The number of rotatable bonds is 14. The third-order valence-electron chi connectivity index (χ3n) is 7.05. The molecule has 0 aliphatic carbocycles. The number of hydrogen-bond acceptors (Lipinski definition) is 8. The van der Waals surface area contributed by atoms with Gasteiger partial charge in [-0.2, -0.15) is 0 Å². The molecule has 2 aliphatic heterocycles. The van der Waals surface area contributed by atoms with Gasteiger partial charge >= 0.3 is 0 Å². The monoisotopic (exact) mass is 564 g/mol. The molecule has 0 amide bonds. The van der Waals surface area contributed by atoms with Crippen LogP contribution < -0.4 is 4.74 Å². The van der Waals surface area contributed by atoms with Crippen LogP contribution in [0.3, 0.4) is 0 Å². The van der Waals surface area contributed by atoms with Crippen molar-refractivity contribution in [3.8, 4) is 5.75 Å². The molecule has 3 aromatic carbocycles. The lowest BCUT2D eigenvalue weighted by atomic mass is 9.99. The van der Waals surface area contributed by atoms with Crippen molar-refractivity contribution in [1.82, 2.24) is 0 Å². The summed E-state index contributed by atoms with van der Waals surface area (Å²) in [5.41, 5.74) is 3.20. The van der Waals surface area contributed by atoms with Gasteiger partial charge in [0.2, 0.25) is 0 Å². The van der Waals surface area contributed by atoms with Crippen LogP contribution in [0.2, 0.25) is 0 Å². The molecule has 5 atom stereocenters. The van der Waals surface area contributed by atoms with E-state index in [4.69, 9.17) is 37.9 Å². The highest BCUT2D eigenvalue weighted by molar-refractivity contribution is 5.26. The fourth-order valence-corrected chi connectivity index (χ4v) is 5.05. The topological polar surface area (TPSA) is 73.8 Å². The Morgan fingerprint density at radius 2 is 1.27 bits per heavy atom. The van der Waals surface area contributed by atoms with Crippen LogP contribution in [0.15, 0.2) is 84.9 Å². The zero-order valence-corrected chi connectivity index (χ0v) is 24.0. The minimum Gasteiger partial charge on any atom is -0.497 e. The van der Waals surface area contributed by atoms with E-state index in [1.54, 1.807) is 7.11 Å². The first kappa shape index (κ1) is 29.7. The predicted molar refractivity (Wildman–Crippen MR) is 152 cm³/mol. The van der Waals surface area contributed by atoms with Crippen LogP contribution in [-0.4, -0.2) is 63.4 Å². The van der Waals surface area contributed by atoms with Gasteiger partial charge in [-0.25, -0.2) is 0 Å². The summed E-state index contributed by atoms with van der Waals surface area (Å²) in [7, 11) is 1.65. The van der Waals surface area contributed by atoms with Gasteiger partial charge in [0.15, 0.2) is 12.1 Å². The number of ether oxygens (including phenoxy) is 8. The molecule has 0 N–H and O–H groups in total. The molecule has 2 fully saturated rings. The van der Waals surface area contributed by atoms with Gasteiger partial charge in [-0.15, -0.1) is 0 Å². The van der Waals surface area contributed by atoms with Gasteiger partial charge in [0.25, 0.3) is 0 Å². The minimum atomic E-state index is -0.791. The van der Waals surface area contributed by atoms with Crippen molar-refractivity contribution in [3.63, 3.8) is 0 Å². The summed E-state index contributed by atoms with van der Waals surface area (Å²) in [4.78, 5) is 0. The Morgan fingerprint density at radius 3 is 1.95 bits per heavy atom. The highest BCUT2D eigenvalue weighted by atomic mass is 16.8. The maximum absolute atomic E-state index is 6.48. The average Bonchev–Trinajstić information content (AvgIpc) is 3.33. The maximum atomic E-state index is 6.48. The molecule has 3 aromatic rings. The first-order valence-electron chi connectivity index (χ1n) is 14.1. The van der Waals surface area contributed by atoms with Crippen molar-refractivity contribution in [3.05, 3.63) is 102 Å². The summed E-state index contributed by atoms with van der Waals surface area (Å²) < 4.78 is 49.0. The Balaban J connectivity index is 1.22. The highest BCUT2D eigenvalue weighted by Crippen LogP contribution is 2.39. The smallest absolute Gasteiger partial charge is 0.187 e. The number of fused-ring (bicyclic) bond motifs is 1. The summed E-state index contributed by atoms with van der Waals surface area (Å²) in [5.74, 6) is 0.0242. The van der Waals surface area contributed by atoms with Crippen LogP contribution >= 0.6 is 0 Å². The van der Waals surface area contributed by atoms with E-state index in [-0.39, 0.29) is 6.10 Å². The van der Waals surface area contributed by atoms with Crippen molar-refractivity contribution in [2.24, 2.45) is 0 Å². The lowest BCUT2D eigenvalue weighted by Gasteiger charge is -2.41. The molecule has 5 rings (SSSR count). The minimum absolute atomic E-state index is 0.325. The lowest BCUT2D eigenvalue weighted by molar-refractivity contribution is -0.297. The van der Waals surface area contributed by atoms with E-state index in [0.29, 0.717) is 39.6 Å². The maximum Gasteiger partial charge on any atom is 0.187 e. The molecular formula is C33H40O8. The SMILES string of the molecule is COc1ccc(COCCO[C@@H]2O[C@H](COCc3ccccc3)[C@@H]3OC(C)(C)O[C@@H]3[C@H]2OCc2ccccc2)cc1. The van der Waals surface area contributed by atoms with Crippen molar-refractivity contribution in [1.29, 1.82) is 0 Å². The molecule has 0 aromatic heterocycles. The Kier molecular flexibility index (Phi) is 10.4. The molecule has 2 aliphatic rings. The second kappa shape index (κ2) is 14.4. The first-order chi connectivity index (χ1) is 20.0. The number of hydrogen-bond donors (Lipinski definition) is 0. The first-order valence-corrected chi connectivity index (χ1v) is 14.1. The van der Waals surface area contributed by atoms with E-state index in [2.05, 4.69) is 0 Å². The Morgan fingerprint density at radius 1 is 0.659 bits per heavy atom. The molecule has 0 spiro atoms. The van der Waals surface area contributed by atoms with Gasteiger partial charge in [-0.1, -0.05) is 72.8 Å². The van der Waals surface area contributed by atoms with E-state index in [9.17, 15) is 0 Å². The van der Waals surface area contributed by atoms with Crippen LogP contribution in [0.25, 0.3) is 0 Å². The van der Waals surface area contributed by atoms with Gasteiger partial charge < -0.3 is 37.9 Å². The summed E-state index contributed by atoms with van der Waals surface area (Å²) in [6.45, 7) is 6.20. The quantitative estimate of drug-likeness (QED) is 0.245. The van der Waals surface area contributed by atoms with Gasteiger partial charge in [-0.3, -0.25) is 0 Å². The highest BCUT2D eigenvalue weighted by Gasteiger charge is 2.56. The third kappa shape index (κ3) is 8.36. The van der Waals surface area contributed by atoms with Crippen LogP contribution in [0.1, 0.15) is 30.5 Å². The molecular weight excluding hydrogens is 524 g/mol. The summed E-state index contributed by atoms with van der Waals surface area (Å²) in [6, 6.07) is 27.9. The molecule has 2 saturated heterocycles. The zero-order chi connectivity index (χ0) is 28.5. The molecule has 0 saturated carbocycles. The summed E-state index contributed by atoms with van der Waals surface area (Å²) in [6.07, 6.45) is -2.35. The van der Waals surface area contributed by atoms with Crippen molar-refractivity contribution in [2.75, 3.05) is 26.9 Å². The van der Waals surface area contributed by atoms with E-state index in [0.717, 1.165) is 22.4 Å². The lowest BCUT2D eigenvalue weighted by Crippen LogP contribution is -2.59. The standard InChI is InChI=1S/C33H40O8/c1-33(2)40-29-28(23-36-21-24-10-6-4-7-11-24)39-32(31(30(29)41-33)38-22-25-12-8-5-9-13-25)37-19-18-35-20-26-14-16-27(34-3)17-15-26/h4-17,28-32H,18-23H2,1-3H3/t28-,29+,30+,31-,32-/m1/s1. The van der Waals surface area contributed by atoms with Crippen LogP contribution in [0.4, 0.5) is 0 Å². The molecule has 0 unspecified atom stereocenters. The third-order valence-corrected chi connectivity index (χ3v) is 7.05. The Hall–Kier alpha value is -2.82. The fraction of sp³-hybridized carbons (Fsp3) is 0.455. The molecule has 8 heteroatoms. The van der Waals surface area contributed by atoms with Crippen LogP contribution in [0, 0.1) is 0 Å². The zero-order valence-electron chi connectivity index (χ0n) is 24.0. The van der Waals surface area contributed by atoms with Crippen molar-refractivity contribution >= 4 is 0 Å². The van der Waals surface area contributed by atoms with E-state index in [1.807, 2.05) is 98.8 Å². The van der Waals surface area contributed by atoms with E-state index >= 15 is 0 Å². The normalized spacial score (nSPS) is 25.1. The molecule has 0 bridgehead atoms. The summed E-state index contributed by atoms with van der Waals surface area (Å²) in [5, 5.41) is 0. The summed E-state index contributed by atoms with van der Waals surface area (Å²) >= 11 is 0. The largest absolute Gasteiger partial charge is 0.497 e. The molecule has 0 radical (unpaired) electrons. The predicted octanol–water partition coefficient (Wildman–Crippen LogP) is 5.28. The van der Waals surface area contributed by atoms with Crippen LogP contribution in [-0.2, 0) is 53.0 Å². The van der Waals surface area contributed by atoms with E-state index in [1.165, 1.54) is 0 Å². The number of methoxy groups -OCH3 is 1. The van der Waals surface area contributed by atoms with Gasteiger partial charge in [0.05, 0.1) is 46.8 Å². The average molecular weight is 565 g/mol. The Bertz CT molecular complexity index is 1170. The molecule has 2 heterocycles. The molecule has 220 valence electrons. The second-order valence-electron chi connectivity index (χ2n) is 10.6. The van der Waals surface area contributed by atoms with Gasteiger partial charge in [0.1, 0.15) is 30.2 Å². The molecule has 8 nitrogen and oxygen atoms in total. The fourth-order valence-electron chi connectivity index (χ4n) is 5.05. The van der Waals surface area contributed by atoms with E-state index < -0.39 is 30.4 Å². The van der Waals surface area contributed by atoms with Gasteiger partial charge in [0, 0.05) is 0 Å². The Labute approximate surface area is 242 Å². The van der Waals surface area contributed by atoms with Crippen LogP contribution in [0.5, 0.6) is 5.75 Å². The number of benzene rings is 3. The van der Waals surface area contributed by atoms with Crippen molar-refractivity contribution in [2.45, 2.75) is 70.2 Å². The van der Waals surface area contributed by atoms with Gasteiger partial charge in [-0.05, 0) is 42.7 Å². The molecule has 41 heavy (non-hydrogen) atoms. The second-order valence-corrected chi connectivity index (χ2v) is 10.6.